The molecule has 128 valence electrons. The summed E-state index contributed by atoms with van der Waals surface area (Å²) in [6, 6.07) is 12.9. The highest BCUT2D eigenvalue weighted by Gasteiger charge is 2.17. The second kappa shape index (κ2) is 7.04. The van der Waals surface area contributed by atoms with Crippen molar-refractivity contribution in [2.24, 2.45) is 0 Å². The van der Waals surface area contributed by atoms with Crippen molar-refractivity contribution in [1.82, 2.24) is 9.97 Å². The predicted molar refractivity (Wildman–Crippen MR) is 93.4 cm³/mol. The van der Waals surface area contributed by atoms with Crippen LogP contribution in [0.2, 0.25) is 0 Å². The SMILES string of the molecule is COc1cc2nc(NCc3ccccc3)c(C(=O)O)nc2cc1OC. The molecule has 0 saturated heterocycles. The smallest absolute Gasteiger partial charge is 0.358 e. The van der Waals surface area contributed by atoms with Gasteiger partial charge in [-0.3, -0.25) is 0 Å². The molecule has 7 heteroatoms. The lowest BCUT2D eigenvalue weighted by atomic mass is 10.2. The topological polar surface area (TPSA) is 93.6 Å². The minimum atomic E-state index is -1.15. The Hall–Kier alpha value is -3.35. The molecule has 0 atom stereocenters. The first-order chi connectivity index (χ1) is 12.1. The molecular weight excluding hydrogens is 322 g/mol. The van der Waals surface area contributed by atoms with Crippen LogP contribution >= 0.6 is 0 Å². The van der Waals surface area contributed by atoms with Gasteiger partial charge in [0, 0.05) is 18.7 Å². The Morgan fingerprint density at radius 3 is 2.20 bits per heavy atom. The molecule has 0 spiro atoms. The van der Waals surface area contributed by atoms with Crippen LogP contribution in [0.1, 0.15) is 16.1 Å². The average Bonchev–Trinajstić information content (AvgIpc) is 2.65. The fourth-order valence-electron chi connectivity index (χ4n) is 2.44. The Labute approximate surface area is 144 Å². The van der Waals surface area contributed by atoms with Crippen LogP contribution in [-0.4, -0.2) is 35.3 Å². The Bertz CT molecular complexity index is 913. The van der Waals surface area contributed by atoms with Crippen LogP contribution in [0.5, 0.6) is 11.5 Å². The number of fused-ring (bicyclic) bond motifs is 1. The molecule has 0 radical (unpaired) electrons. The summed E-state index contributed by atoms with van der Waals surface area (Å²) in [5.41, 5.74) is 1.79. The molecule has 2 N–H and O–H groups in total. The van der Waals surface area contributed by atoms with Crippen LogP contribution in [0, 0.1) is 0 Å². The maximum Gasteiger partial charge on any atom is 0.358 e. The zero-order valence-corrected chi connectivity index (χ0v) is 13.8. The Morgan fingerprint density at radius 2 is 1.64 bits per heavy atom. The van der Waals surface area contributed by atoms with Gasteiger partial charge in [0.1, 0.15) is 0 Å². The fraction of sp³-hybridized carbons (Fsp3) is 0.167. The third-order valence-electron chi connectivity index (χ3n) is 3.67. The number of rotatable bonds is 6. The van der Waals surface area contributed by atoms with Crippen molar-refractivity contribution in [2.45, 2.75) is 6.54 Å². The van der Waals surface area contributed by atoms with Crippen molar-refractivity contribution in [3.8, 4) is 11.5 Å². The van der Waals surface area contributed by atoms with Gasteiger partial charge in [0.15, 0.2) is 23.0 Å². The zero-order chi connectivity index (χ0) is 17.8. The third kappa shape index (κ3) is 3.45. The number of aromatic nitrogens is 2. The number of carboxylic acid groups (broad SMARTS) is 1. The largest absolute Gasteiger partial charge is 0.493 e. The van der Waals surface area contributed by atoms with Crippen LogP contribution in [0.4, 0.5) is 5.82 Å². The Balaban J connectivity index is 2.03. The second-order valence-corrected chi connectivity index (χ2v) is 5.26. The van der Waals surface area contributed by atoms with Crippen LogP contribution in [0.3, 0.4) is 0 Å². The molecule has 0 saturated carbocycles. The molecule has 2 aromatic carbocycles. The molecule has 0 amide bonds. The predicted octanol–water partition coefficient (Wildman–Crippen LogP) is 2.96. The number of nitrogens with one attached hydrogen (secondary N) is 1. The molecule has 0 fully saturated rings. The van der Waals surface area contributed by atoms with Crippen molar-refractivity contribution in [2.75, 3.05) is 19.5 Å². The van der Waals surface area contributed by atoms with Gasteiger partial charge in [0.05, 0.1) is 25.3 Å². The second-order valence-electron chi connectivity index (χ2n) is 5.26. The van der Waals surface area contributed by atoms with Gasteiger partial charge in [-0.05, 0) is 5.56 Å². The quantitative estimate of drug-likeness (QED) is 0.713. The number of nitrogens with zero attached hydrogens (tertiary/aromatic N) is 2. The number of anilines is 1. The summed E-state index contributed by atoms with van der Waals surface area (Å²) in [5.74, 6) is 0.0165. The Kier molecular flexibility index (Phi) is 4.65. The van der Waals surface area contributed by atoms with Gasteiger partial charge in [-0.25, -0.2) is 14.8 Å². The number of hydrogen-bond donors (Lipinski definition) is 2. The fourth-order valence-corrected chi connectivity index (χ4v) is 2.44. The van der Waals surface area contributed by atoms with Crippen molar-refractivity contribution in [1.29, 1.82) is 0 Å². The van der Waals surface area contributed by atoms with Crippen LogP contribution in [-0.2, 0) is 6.54 Å². The first-order valence-electron chi connectivity index (χ1n) is 7.57. The van der Waals surface area contributed by atoms with Crippen LogP contribution in [0.15, 0.2) is 42.5 Å². The zero-order valence-electron chi connectivity index (χ0n) is 13.8. The highest BCUT2D eigenvalue weighted by Crippen LogP contribution is 2.31. The van der Waals surface area contributed by atoms with E-state index in [1.807, 2.05) is 30.3 Å². The van der Waals surface area contributed by atoms with Gasteiger partial charge < -0.3 is 19.9 Å². The molecule has 0 bridgehead atoms. The summed E-state index contributed by atoms with van der Waals surface area (Å²) in [6.45, 7) is 0.439. The van der Waals surface area contributed by atoms with Crippen molar-refractivity contribution in [3.05, 3.63) is 53.7 Å². The maximum absolute atomic E-state index is 11.6. The minimum absolute atomic E-state index is 0.143. The third-order valence-corrected chi connectivity index (χ3v) is 3.67. The molecule has 25 heavy (non-hydrogen) atoms. The van der Waals surface area contributed by atoms with Crippen molar-refractivity contribution < 1.29 is 19.4 Å². The number of benzene rings is 2. The lowest BCUT2D eigenvalue weighted by Gasteiger charge is -2.12. The first kappa shape index (κ1) is 16.5. The normalized spacial score (nSPS) is 10.5. The highest BCUT2D eigenvalue weighted by atomic mass is 16.5. The molecule has 1 heterocycles. The number of aromatic carboxylic acids is 1. The minimum Gasteiger partial charge on any atom is -0.493 e. The average molecular weight is 339 g/mol. The summed E-state index contributed by atoms with van der Waals surface area (Å²) in [6.07, 6.45) is 0. The summed E-state index contributed by atoms with van der Waals surface area (Å²) >= 11 is 0. The van der Waals surface area contributed by atoms with E-state index in [0.717, 1.165) is 5.56 Å². The number of carboxylic acids is 1. The summed E-state index contributed by atoms with van der Waals surface area (Å²) in [7, 11) is 3.03. The van der Waals surface area contributed by atoms with E-state index in [1.54, 1.807) is 12.1 Å². The first-order valence-corrected chi connectivity index (χ1v) is 7.57. The molecule has 0 unspecified atom stereocenters. The van der Waals surface area contributed by atoms with Crippen molar-refractivity contribution in [3.63, 3.8) is 0 Å². The molecule has 0 aliphatic carbocycles. The van der Waals surface area contributed by atoms with E-state index in [-0.39, 0.29) is 11.5 Å². The van der Waals surface area contributed by atoms with Gasteiger partial charge in [0.25, 0.3) is 0 Å². The molecule has 0 aliphatic rings. The molecule has 1 aromatic heterocycles. The standard InChI is InChI=1S/C18H17N3O4/c1-24-14-8-12-13(9-15(14)25-2)21-17(16(20-12)18(22)23)19-10-11-6-4-3-5-7-11/h3-9H,10H2,1-2H3,(H,19,21)(H,22,23). The van der Waals surface area contributed by atoms with E-state index in [1.165, 1.54) is 14.2 Å². The highest BCUT2D eigenvalue weighted by molar-refractivity contribution is 5.94. The Morgan fingerprint density at radius 1 is 1.04 bits per heavy atom. The number of hydrogen-bond acceptors (Lipinski definition) is 6. The molecule has 0 aliphatic heterocycles. The summed E-state index contributed by atoms with van der Waals surface area (Å²) < 4.78 is 10.5. The van der Waals surface area contributed by atoms with E-state index in [0.29, 0.717) is 29.1 Å². The van der Waals surface area contributed by atoms with Crippen LogP contribution in [0.25, 0.3) is 11.0 Å². The van der Waals surface area contributed by atoms with Gasteiger partial charge >= 0.3 is 5.97 Å². The summed E-state index contributed by atoms with van der Waals surface area (Å²) in [5, 5.41) is 12.5. The van der Waals surface area contributed by atoms with E-state index < -0.39 is 5.97 Å². The van der Waals surface area contributed by atoms with Gasteiger partial charge in [0.2, 0.25) is 0 Å². The molecule has 7 nitrogen and oxygen atoms in total. The number of ether oxygens (including phenoxy) is 2. The maximum atomic E-state index is 11.6. The van der Waals surface area contributed by atoms with Gasteiger partial charge in [-0.1, -0.05) is 30.3 Å². The molecular formula is C18H17N3O4. The number of carbonyl (C=O) groups is 1. The van der Waals surface area contributed by atoms with Gasteiger partial charge in [-0.2, -0.15) is 0 Å². The number of methoxy groups -OCH3 is 2. The lowest BCUT2D eigenvalue weighted by molar-refractivity contribution is 0.0691. The summed E-state index contributed by atoms with van der Waals surface area (Å²) in [4.78, 5) is 20.2. The van der Waals surface area contributed by atoms with E-state index in [4.69, 9.17) is 9.47 Å². The van der Waals surface area contributed by atoms with E-state index >= 15 is 0 Å². The van der Waals surface area contributed by atoms with Crippen molar-refractivity contribution >= 4 is 22.8 Å². The lowest BCUT2D eigenvalue weighted by Crippen LogP contribution is -2.11. The van der Waals surface area contributed by atoms with E-state index in [9.17, 15) is 9.90 Å². The van der Waals surface area contributed by atoms with Crippen LogP contribution < -0.4 is 14.8 Å². The molecule has 3 rings (SSSR count). The van der Waals surface area contributed by atoms with E-state index in [2.05, 4.69) is 15.3 Å². The molecule has 3 aromatic rings. The van der Waals surface area contributed by atoms with Gasteiger partial charge in [-0.15, -0.1) is 0 Å². The monoisotopic (exact) mass is 339 g/mol.